The number of hydrogen-bond donors (Lipinski definition) is 1. The fourth-order valence-corrected chi connectivity index (χ4v) is 21.8. The van der Waals surface area contributed by atoms with Crippen molar-refractivity contribution in [3.8, 4) is 0 Å². The lowest BCUT2D eigenvalue weighted by atomic mass is 10.1. The molecule has 0 aromatic carbocycles. The third-order valence-electron chi connectivity index (χ3n) is 6.48. The monoisotopic (exact) mass is 864 g/mol. The Morgan fingerprint density at radius 1 is 0.388 bits per heavy atom. The van der Waals surface area contributed by atoms with Crippen molar-refractivity contribution in [2.45, 2.75) is 172 Å². The second-order valence-corrected chi connectivity index (χ2v) is 33.9. The lowest BCUT2D eigenvalue weighted by molar-refractivity contribution is 0.143. The fraction of sp³-hybridized carbons (Fsp3) is 1.00. The van der Waals surface area contributed by atoms with Crippen LogP contribution in [0.5, 0.6) is 0 Å². The minimum Gasteiger partial charge on any atom is -0.393 e. The molecule has 0 heterocycles. The Morgan fingerprint density at radius 2 is 0.592 bits per heavy atom. The van der Waals surface area contributed by atoms with E-state index < -0.39 is 23.2 Å². The molecule has 0 saturated carbocycles. The van der Waals surface area contributed by atoms with Gasteiger partial charge in [-0.3, -0.25) is 0 Å². The third-order valence-corrected chi connectivity index (χ3v) is 23.1. The van der Waals surface area contributed by atoms with Gasteiger partial charge in [-0.2, -0.15) is 0 Å². The lowest BCUT2D eigenvalue weighted by Crippen LogP contribution is -2.18. The van der Waals surface area contributed by atoms with Crippen LogP contribution in [0.2, 0.25) is 0 Å². The van der Waals surface area contributed by atoms with E-state index in [9.17, 15) is 5.11 Å². The molecule has 296 valence electrons. The molecule has 0 bridgehead atoms. The quantitative estimate of drug-likeness (QED) is 0.0726. The summed E-state index contributed by atoms with van der Waals surface area (Å²) in [6.45, 7) is 31.5. The summed E-state index contributed by atoms with van der Waals surface area (Å²) in [4.78, 5) is 0. The van der Waals surface area contributed by atoms with Gasteiger partial charge in [0.05, 0.1) is 42.7 Å². The zero-order chi connectivity index (χ0) is 38.2. The molecule has 49 heavy (non-hydrogen) atoms. The van der Waals surface area contributed by atoms with E-state index in [0.717, 1.165) is 25.7 Å². The zero-order valence-corrected chi connectivity index (χ0v) is 40.6. The first-order valence-electron chi connectivity index (χ1n) is 17.9. The molecule has 0 aliphatic rings. The molecule has 0 aromatic rings. The number of hydrogen-bond acceptors (Lipinski definition) is 13. The van der Waals surface area contributed by atoms with E-state index in [1.807, 2.05) is 13.8 Å². The first kappa shape index (κ1) is 51.7. The van der Waals surface area contributed by atoms with Crippen molar-refractivity contribution < 1.29 is 32.2 Å². The van der Waals surface area contributed by atoms with Gasteiger partial charge in [-0.1, -0.05) is 89.5 Å². The SMILES string of the molecule is CC(C)CC(C)OP(=S)(OC(C)CC(C)C)SCC(C)OP(=S)(OC(C)CSP(=S)(OC(C)CC(C)C)OC(C)CC(C)C)SCC(C)O. The molecule has 0 aromatic heterocycles. The maximum absolute atomic E-state index is 10.1. The molecule has 0 rings (SSSR count). The molecular weight excluding hydrogens is 794 g/mol. The van der Waals surface area contributed by atoms with Crippen molar-refractivity contribution >= 4 is 86.6 Å². The second kappa shape index (κ2) is 25.8. The molecule has 16 heteroatoms. The van der Waals surface area contributed by atoms with Crippen LogP contribution >= 0.6 is 51.2 Å². The van der Waals surface area contributed by atoms with Gasteiger partial charge in [0.2, 0.25) is 17.1 Å². The van der Waals surface area contributed by atoms with E-state index >= 15 is 0 Å². The Kier molecular flexibility index (Phi) is 27.2. The van der Waals surface area contributed by atoms with Crippen LogP contribution in [0.1, 0.15) is 130 Å². The van der Waals surface area contributed by atoms with E-state index in [4.69, 9.17) is 62.6 Å². The molecule has 0 aliphatic heterocycles. The molecule has 0 amide bonds. The highest BCUT2D eigenvalue weighted by Gasteiger charge is 2.33. The molecule has 7 atom stereocenters. The number of aliphatic hydroxyl groups excluding tert-OH is 1. The highest BCUT2D eigenvalue weighted by atomic mass is 32.9. The molecule has 0 fully saturated rings. The van der Waals surface area contributed by atoms with E-state index in [0.29, 0.717) is 40.9 Å². The maximum Gasteiger partial charge on any atom is 0.248 e. The van der Waals surface area contributed by atoms with E-state index in [1.165, 1.54) is 34.1 Å². The van der Waals surface area contributed by atoms with Crippen molar-refractivity contribution in [3.05, 3.63) is 0 Å². The van der Waals surface area contributed by atoms with Crippen molar-refractivity contribution in [1.29, 1.82) is 0 Å². The molecule has 1 N–H and O–H groups in total. The van der Waals surface area contributed by atoms with E-state index in [1.54, 1.807) is 6.92 Å². The predicted molar refractivity (Wildman–Crippen MR) is 233 cm³/mol. The van der Waals surface area contributed by atoms with Gasteiger partial charge in [0.1, 0.15) is 0 Å². The average molecular weight is 865 g/mol. The molecule has 0 aliphatic carbocycles. The van der Waals surface area contributed by atoms with Crippen LogP contribution in [0.4, 0.5) is 0 Å². The molecule has 0 saturated heterocycles. The zero-order valence-electron chi connectivity index (χ0n) is 33.0. The number of aliphatic hydroxyl groups is 1. The van der Waals surface area contributed by atoms with Gasteiger partial charge < -0.3 is 32.2 Å². The van der Waals surface area contributed by atoms with Gasteiger partial charge in [0.25, 0.3) is 0 Å². The third kappa shape index (κ3) is 27.0. The second-order valence-electron chi connectivity index (χ2n) is 15.1. The molecule has 7 unspecified atom stereocenters. The minimum absolute atomic E-state index is 0.0105. The van der Waals surface area contributed by atoms with Gasteiger partial charge in [-0.15, -0.1) is 0 Å². The summed E-state index contributed by atoms with van der Waals surface area (Å²) in [6.07, 6.45) is 2.48. The first-order chi connectivity index (χ1) is 22.4. The van der Waals surface area contributed by atoms with Crippen molar-refractivity contribution in [3.63, 3.8) is 0 Å². The average Bonchev–Trinajstić information content (AvgIpc) is 2.87. The Bertz CT molecular complexity index is 923. The van der Waals surface area contributed by atoms with Crippen LogP contribution in [0.3, 0.4) is 0 Å². The fourth-order valence-electron chi connectivity index (χ4n) is 5.06. The number of rotatable bonds is 29. The molecule has 7 nitrogen and oxygen atoms in total. The highest BCUT2D eigenvalue weighted by molar-refractivity contribution is 8.69. The highest BCUT2D eigenvalue weighted by Crippen LogP contribution is 2.67. The normalized spacial score (nSPS) is 20.8. The largest absolute Gasteiger partial charge is 0.393 e. The van der Waals surface area contributed by atoms with Gasteiger partial charge in [0, 0.05) is 17.3 Å². The van der Waals surface area contributed by atoms with Crippen LogP contribution in [-0.2, 0) is 62.6 Å². The van der Waals surface area contributed by atoms with Crippen LogP contribution in [-0.4, -0.2) is 65.1 Å². The van der Waals surface area contributed by atoms with Crippen molar-refractivity contribution in [2.75, 3.05) is 17.3 Å². The van der Waals surface area contributed by atoms with E-state index in [-0.39, 0.29) is 36.6 Å². The molecule has 0 spiro atoms. The minimum atomic E-state index is -2.88. The standard InChI is InChI=1S/C33H71O7P3S6/c1-23(2)16-28(10)35-41(44,36-29(11)17-24(3)4)48-21-32(14)39-43(46,47-20-27(9)34)40-33(15)22-49-42(45,37-30(12)18-25(5)6)38-31(13)19-26(7)8/h23-34H,16-22H2,1-15H3. The first-order valence-corrected chi connectivity index (χ1v) is 30.6. The van der Waals surface area contributed by atoms with Crippen LogP contribution in [0.15, 0.2) is 0 Å². The van der Waals surface area contributed by atoms with Crippen molar-refractivity contribution in [1.82, 2.24) is 0 Å². The Balaban J connectivity index is 5.81. The summed E-state index contributed by atoms with van der Waals surface area (Å²) < 4.78 is 39.0. The summed E-state index contributed by atoms with van der Waals surface area (Å²) in [6, 6.07) is 0. The summed E-state index contributed by atoms with van der Waals surface area (Å²) in [5.41, 5.74) is -8.22. The Morgan fingerprint density at radius 3 is 0.796 bits per heavy atom. The van der Waals surface area contributed by atoms with Gasteiger partial charge in [0.15, 0.2) is 0 Å². The summed E-state index contributed by atoms with van der Waals surface area (Å²) in [7, 11) is 0. The molecular formula is C33H71O7P3S6. The van der Waals surface area contributed by atoms with Gasteiger partial charge >= 0.3 is 0 Å². The van der Waals surface area contributed by atoms with E-state index in [2.05, 4.69) is 83.1 Å². The van der Waals surface area contributed by atoms with Crippen molar-refractivity contribution in [2.24, 2.45) is 23.7 Å². The smallest absolute Gasteiger partial charge is 0.248 e. The van der Waals surface area contributed by atoms with Gasteiger partial charge in [-0.25, -0.2) is 0 Å². The predicted octanol–water partition coefficient (Wildman–Crippen LogP) is 12.9. The maximum atomic E-state index is 10.1. The summed E-state index contributed by atoms with van der Waals surface area (Å²) >= 11 is 22.7. The topological polar surface area (TPSA) is 75.6 Å². The van der Waals surface area contributed by atoms with Gasteiger partial charge in [-0.05, 0) is 133 Å². The Labute approximate surface area is 329 Å². The summed E-state index contributed by atoms with van der Waals surface area (Å²) in [5, 5.41) is 10.1. The Hall–Kier alpha value is 2.72. The van der Waals surface area contributed by atoms with Crippen LogP contribution in [0.25, 0.3) is 0 Å². The molecule has 0 radical (unpaired) electrons. The summed E-state index contributed by atoms with van der Waals surface area (Å²) in [5.74, 6) is 3.46. The van der Waals surface area contributed by atoms with Crippen LogP contribution < -0.4 is 0 Å². The lowest BCUT2D eigenvalue weighted by Gasteiger charge is -2.32. The van der Waals surface area contributed by atoms with Crippen LogP contribution in [0, 0.1) is 23.7 Å².